The molecule has 0 aromatic heterocycles. The number of esters is 1. The third kappa shape index (κ3) is 5.98. The SMILES string of the molecule is CCOc1cc(/C=C2/SC(=O)N(Cc3c(F)cccc3Cl)C2=O)cc(I)c1OCC(=O)OC. The first-order valence-corrected chi connectivity index (χ1v) is 11.9. The smallest absolute Gasteiger partial charge is 0.343 e. The number of methoxy groups -OCH3 is 1. The molecule has 33 heavy (non-hydrogen) atoms. The molecule has 0 saturated carbocycles. The third-order valence-electron chi connectivity index (χ3n) is 4.44. The Balaban J connectivity index is 1.87. The third-order valence-corrected chi connectivity index (χ3v) is 6.51. The Labute approximate surface area is 212 Å². The van der Waals surface area contributed by atoms with E-state index >= 15 is 0 Å². The largest absolute Gasteiger partial charge is 0.490 e. The molecule has 1 fully saturated rings. The van der Waals surface area contributed by atoms with Crippen molar-refractivity contribution in [2.45, 2.75) is 13.5 Å². The van der Waals surface area contributed by atoms with Crippen LogP contribution >= 0.6 is 46.0 Å². The Kier molecular flexibility index (Phi) is 8.60. The Bertz CT molecular complexity index is 1120. The molecule has 1 heterocycles. The first-order chi connectivity index (χ1) is 15.7. The summed E-state index contributed by atoms with van der Waals surface area (Å²) in [6.45, 7) is 1.58. The van der Waals surface area contributed by atoms with Gasteiger partial charge < -0.3 is 14.2 Å². The molecule has 3 rings (SSSR count). The standard InChI is InChI=1S/C22H18ClFINO6S/c1-3-31-17-8-12(7-16(25)20(17)32-11-19(27)30-2)9-18-21(28)26(22(29)33-18)10-13-14(23)5-4-6-15(13)24/h4-9H,3,10-11H2,1-2H3/b18-9+. The highest BCUT2D eigenvalue weighted by Gasteiger charge is 2.36. The van der Waals surface area contributed by atoms with Crippen LogP contribution in [-0.4, -0.2) is 42.3 Å². The highest BCUT2D eigenvalue weighted by atomic mass is 127. The molecule has 1 saturated heterocycles. The molecule has 2 aromatic rings. The minimum atomic E-state index is -0.594. The lowest BCUT2D eigenvalue weighted by molar-refractivity contribution is -0.143. The maximum Gasteiger partial charge on any atom is 0.343 e. The average Bonchev–Trinajstić information content (AvgIpc) is 3.02. The Morgan fingerprint density at radius 1 is 1.27 bits per heavy atom. The zero-order valence-corrected chi connectivity index (χ0v) is 21.3. The molecule has 1 aliphatic heterocycles. The van der Waals surface area contributed by atoms with Gasteiger partial charge in [-0.2, -0.15) is 0 Å². The second-order valence-electron chi connectivity index (χ2n) is 6.60. The van der Waals surface area contributed by atoms with E-state index in [9.17, 15) is 18.8 Å². The molecule has 0 unspecified atom stereocenters. The van der Waals surface area contributed by atoms with Gasteiger partial charge >= 0.3 is 5.97 Å². The van der Waals surface area contributed by atoms with E-state index in [0.717, 1.165) is 16.7 Å². The number of thioether (sulfide) groups is 1. The van der Waals surface area contributed by atoms with Crippen LogP contribution in [0.15, 0.2) is 35.2 Å². The zero-order valence-electron chi connectivity index (χ0n) is 17.5. The number of imide groups is 1. The molecule has 0 radical (unpaired) electrons. The predicted molar refractivity (Wildman–Crippen MR) is 131 cm³/mol. The molecule has 11 heteroatoms. The van der Waals surface area contributed by atoms with Crippen molar-refractivity contribution >= 4 is 69.1 Å². The predicted octanol–water partition coefficient (Wildman–Crippen LogP) is 5.27. The van der Waals surface area contributed by atoms with Gasteiger partial charge in [0.1, 0.15) is 5.82 Å². The number of nitrogens with zero attached hydrogens (tertiary/aromatic N) is 1. The van der Waals surface area contributed by atoms with Gasteiger partial charge in [-0.05, 0) is 77.2 Å². The number of hydrogen-bond acceptors (Lipinski definition) is 7. The lowest BCUT2D eigenvalue weighted by atomic mass is 10.1. The summed E-state index contributed by atoms with van der Waals surface area (Å²) in [7, 11) is 1.26. The summed E-state index contributed by atoms with van der Waals surface area (Å²) >= 11 is 8.81. The second kappa shape index (κ2) is 11.2. The van der Waals surface area contributed by atoms with Crippen LogP contribution in [0.3, 0.4) is 0 Å². The summed E-state index contributed by atoms with van der Waals surface area (Å²) in [4.78, 5) is 37.9. The number of benzene rings is 2. The normalized spacial score (nSPS) is 14.7. The van der Waals surface area contributed by atoms with E-state index in [1.165, 1.54) is 25.3 Å². The van der Waals surface area contributed by atoms with E-state index in [1.54, 1.807) is 25.1 Å². The Morgan fingerprint density at radius 3 is 2.70 bits per heavy atom. The summed E-state index contributed by atoms with van der Waals surface area (Å²) < 4.78 is 30.5. The fourth-order valence-corrected chi connectivity index (χ4v) is 4.74. The van der Waals surface area contributed by atoms with E-state index in [0.29, 0.717) is 27.2 Å². The molecular formula is C22H18ClFINO6S. The van der Waals surface area contributed by atoms with Crippen molar-refractivity contribution in [1.82, 2.24) is 4.90 Å². The van der Waals surface area contributed by atoms with Crippen molar-refractivity contribution in [3.8, 4) is 11.5 Å². The summed E-state index contributed by atoms with van der Waals surface area (Å²) in [6, 6.07) is 7.52. The molecule has 0 spiro atoms. The van der Waals surface area contributed by atoms with Crippen LogP contribution in [0.5, 0.6) is 11.5 Å². The van der Waals surface area contributed by atoms with Crippen molar-refractivity contribution in [2.75, 3.05) is 20.3 Å². The van der Waals surface area contributed by atoms with E-state index in [1.807, 2.05) is 22.6 Å². The van der Waals surface area contributed by atoms with Crippen LogP contribution in [0.4, 0.5) is 9.18 Å². The van der Waals surface area contributed by atoms with Gasteiger partial charge in [0.25, 0.3) is 11.1 Å². The highest BCUT2D eigenvalue weighted by molar-refractivity contribution is 14.1. The quantitative estimate of drug-likeness (QED) is 0.230. The fourth-order valence-electron chi connectivity index (χ4n) is 2.89. The molecule has 0 bridgehead atoms. The van der Waals surface area contributed by atoms with Crippen LogP contribution in [0.25, 0.3) is 6.08 Å². The van der Waals surface area contributed by atoms with E-state index in [4.69, 9.17) is 21.1 Å². The van der Waals surface area contributed by atoms with Gasteiger partial charge in [0, 0.05) is 10.6 Å². The topological polar surface area (TPSA) is 82.1 Å². The molecule has 2 aromatic carbocycles. The Morgan fingerprint density at radius 2 is 2.03 bits per heavy atom. The molecule has 2 amide bonds. The molecule has 0 N–H and O–H groups in total. The van der Waals surface area contributed by atoms with E-state index in [-0.39, 0.29) is 28.6 Å². The van der Waals surface area contributed by atoms with Crippen LogP contribution in [0.1, 0.15) is 18.1 Å². The van der Waals surface area contributed by atoms with Crippen LogP contribution < -0.4 is 9.47 Å². The van der Waals surface area contributed by atoms with Gasteiger partial charge in [-0.1, -0.05) is 17.7 Å². The average molecular weight is 606 g/mol. The number of rotatable bonds is 8. The number of carbonyl (C=O) groups is 3. The van der Waals surface area contributed by atoms with Crippen molar-refractivity contribution in [2.24, 2.45) is 0 Å². The summed E-state index contributed by atoms with van der Waals surface area (Å²) in [5.74, 6) is -0.951. The molecule has 0 aliphatic carbocycles. The molecule has 1 aliphatic rings. The second-order valence-corrected chi connectivity index (χ2v) is 9.16. The van der Waals surface area contributed by atoms with Crippen molar-refractivity contribution in [3.05, 3.63) is 60.8 Å². The summed E-state index contributed by atoms with van der Waals surface area (Å²) in [5.41, 5.74) is 0.658. The number of hydrogen-bond donors (Lipinski definition) is 0. The first-order valence-electron chi connectivity index (χ1n) is 9.59. The fraction of sp³-hybridized carbons (Fsp3) is 0.227. The first kappa shape index (κ1) is 25.3. The van der Waals surface area contributed by atoms with E-state index in [2.05, 4.69) is 4.74 Å². The molecule has 0 atom stereocenters. The maximum atomic E-state index is 14.1. The van der Waals surface area contributed by atoms with Crippen molar-refractivity contribution < 1.29 is 33.0 Å². The van der Waals surface area contributed by atoms with Crippen molar-refractivity contribution in [1.29, 1.82) is 0 Å². The molecule has 174 valence electrons. The molecular weight excluding hydrogens is 588 g/mol. The monoisotopic (exact) mass is 605 g/mol. The van der Waals surface area contributed by atoms with Gasteiger partial charge in [-0.25, -0.2) is 9.18 Å². The number of halogens is 3. The zero-order chi connectivity index (χ0) is 24.1. The van der Waals surface area contributed by atoms with Crippen molar-refractivity contribution in [3.63, 3.8) is 0 Å². The van der Waals surface area contributed by atoms with Gasteiger partial charge in [-0.15, -0.1) is 0 Å². The number of amides is 2. The van der Waals surface area contributed by atoms with Gasteiger partial charge in [0.2, 0.25) is 0 Å². The maximum absolute atomic E-state index is 14.1. The number of carbonyl (C=O) groups excluding carboxylic acids is 3. The lowest BCUT2D eigenvalue weighted by Gasteiger charge is -2.15. The minimum absolute atomic E-state index is 0.0722. The van der Waals surface area contributed by atoms with Crippen LogP contribution in [-0.2, 0) is 20.9 Å². The summed E-state index contributed by atoms with van der Waals surface area (Å²) in [6.07, 6.45) is 1.54. The Hall–Kier alpha value is -2.31. The lowest BCUT2D eigenvalue weighted by Crippen LogP contribution is -2.28. The highest BCUT2D eigenvalue weighted by Crippen LogP contribution is 2.38. The van der Waals surface area contributed by atoms with Crippen LogP contribution in [0.2, 0.25) is 5.02 Å². The minimum Gasteiger partial charge on any atom is -0.490 e. The van der Waals surface area contributed by atoms with Gasteiger partial charge in [0.05, 0.1) is 28.7 Å². The van der Waals surface area contributed by atoms with Gasteiger partial charge in [-0.3, -0.25) is 14.5 Å². The number of ether oxygens (including phenoxy) is 3. The van der Waals surface area contributed by atoms with E-state index < -0.39 is 22.9 Å². The van der Waals surface area contributed by atoms with Gasteiger partial charge in [0.15, 0.2) is 18.1 Å². The summed E-state index contributed by atoms with van der Waals surface area (Å²) in [5, 5.41) is -0.389. The molecule has 7 nitrogen and oxygen atoms in total. The van der Waals surface area contributed by atoms with Crippen LogP contribution in [0, 0.1) is 9.39 Å².